The molecule has 5 rings (SSSR count). The van der Waals surface area contributed by atoms with Gasteiger partial charge in [-0.2, -0.15) is 0 Å². The maximum absolute atomic E-state index is 13.2. The molecule has 0 aliphatic carbocycles. The fraction of sp³-hybridized carbons (Fsp3) is 0.156. The van der Waals surface area contributed by atoms with Gasteiger partial charge in [-0.1, -0.05) is 6.58 Å². The van der Waals surface area contributed by atoms with E-state index in [9.17, 15) is 24.0 Å². The lowest BCUT2D eigenvalue weighted by molar-refractivity contribution is -0.112. The number of hydrogen-bond donors (Lipinski definition) is 10. The minimum absolute atomic E-state index is 0. The van der Waals surface area contributed by atoms with E-state index in [2.05, 4.69) is 69.0 Å². The minimum Gasteiger partial charge on any atom is -0.388 e. The molecule has 4 aromatic heterocycles. The molecule has 11 N–H and O–H groups in total. The van der Waals surface area contributed by atoms with E-state index < -0.39 is 29.5 Å². The summed E-state index contributed by atoms with van der Waals surface area (Å²) in [6.45, 7) is 8.76. The number of carbonyl (C=O) groups excluding carboxylic acids is 5. The lowest BCUT2D eigenvalue weighted by atomic mass is 10.2. The number of H-pyrrole nitrogens is 3. The Morgan fingerprint density at radius 1 is 0.824 bits per heavy atom. The molecular formula is C32H33BrClN11O5S. The van der Waals surface area contributed by atoms with Crippen molar-refractivity contribution in [1.82, 2.24) is 25.3 Å². The Hall–Kier alpha value is -5.72. The van der Waals surface area contributed by atoms with Gasteiger partial charge in [-0.05, 0) is 54.9 Å². The summed E-state index contributed by atoms with van der Waals surface area (Å²) >= 11 is 4.21. The number of carbonyl (C=O) groups is 5. The van der Waals surface area contributed by atoms with Gasteiger partial charge in [0.05, 0.1) is 37.6 Å². The molecule has 0 spiro atoms. The lowest BCUT2D eigenvalue weighted by Gasteiger charge is -2.07. The normalized spacial score (nSPS) is 10.6. The first-order chi connectivity index (χ1) is 23.7. The highest BCUT2D eigenvalue weighted by Crippen LogP contribution is 2.28. The van der Waals surface area contributed by atoms with Crippen LogP contribution in [0.1, 0.15) is 64.4 Å². The van der Waals surface area contributed by atoms with Gasteiger partial charge in [-0.3, -0.25) is 29.4 Å². The predicted molar refractivity (Wildman–Crippen MR) is 203 cm³/mol. The predicted octanol–water partition coefficient (Wildman–Crippen LogP) is 5.29. The van der Waals surface area contributed by atoms with E-state index in [1.807, 2.05) is 0 Å². The zero-order valence-electron chi connectivity index (χ0n) is 27.3. The number of halogens is 2. The summed E-state index contributed by atoms with van der Waals surface area (Å²) in [6.07, 6.45) is 4.70. The van der Waals surface area contributed by atoms with Crippen molar-refractivity contribution in [2.75, 3.05) is 27.8 Å². The number of nitrogens with zero attached hydrogens (tertiary/aromatic N) is 1. The number of nitrogens with one attached hydrogen (secondary N) is 9. The first-order valence-corrected chi connectivity index (χ1v) is 16.5. The van der Waals surface area contributed by atoms with E-state index >= 15 is 0 Å². The highest BCUT2D eigenvalue weighted by atomic mass is 79.9. The second-order valence-electron chi connectivity index (χ2n) is 11.1. The highest BCUT2D eigenvalue weighted by Gasteiger charge is 2.22. The number of benzene rings is 1. The molecule has 0 radical (unpaired) electrons. The summed E-state index contributed by atoms with van der Waals surface area (Å²) in [5.41, 5.74) is 9.60. The molecule has 0 saturated heterocycles. The van der Waals surface area contributed by atoms with Gasteiger partial charge >= 0.3 is 0 Å². The number of rotatable bonds is 12. The van der Waals surface area contributed by atoms with Crippen molar-refractivity contribution in [3.05, 3.63) is 86.6 Å². The largest absolute Gasteiger partial charge is 0.388 e. The Morgan fingerprint density at radius 3 is 1.80 bits per heavy atom. The quantitative estimate of drug-likeness (QED) is 0.0453. The van der Waals surface area contributed by atoms with Crippen LogP contribution >= 0.6 is 39.7 Å². The average Bonchev–Trinajstić information content (AvgIpc) is 3.83. The van der Waals surface area contributed by atoms with Gasteiger partial charge in [0.1, 0.15) is 17.1 Å². The third-order valence-electron chi connectivity index (χ3n) is 7.61. The number of anilines is 4. The second-order valence-corrected chi connectivity index (χ2v) is 13.0. The number of hydrogen-bond acceptors (Lipinski definition) is 8. The number of fused-ring (bicyclic) bond motifs is 1. The standard InChI is InChI=1S/C32H32BrN11O5S.ClH/c1-13-19(10-37-24(13)28(46)36-8-7-23(34)35)41-29(47)25-14(2)20(11-38-25)42-30(48)26-15(3)21(12-39-26)43-31(49)32-44-18-9-17(5-6-22(18)50-32)40-27(45)16(4)33;/h5-6,9-12,37-39H,4,7-8H2,1-3H3,(H3,34,35)(H,36,46)(H,40,45)(H,41,47)(H,42,48)(H,43,49);1H. The third-order valence-corrected chi connectivity index (χ3v) is 9.01. The average molecular weight is 799 g/mol. The molecule has 0 atom stereocenters. The van der Waals surface area contributed by atoms with Crippen LogP contribution in [-0.2, 0) is 4.79 Å². The summed E-state index contributed by atoms with van der Waals surface area (Å²) in [5, 5.41) is 21.1. The van der Waals surface area contributed by atoms with Gasteiger partial charge < -0.3 is 47.3 Å². The van der Waals surface area contributed by atoms with Crippen LogP contribution in [0.4, 0.5) is 22.7 Å². The van der Waals surface area contributed by atoms with Gasteiger partial charge in [0.15, 0.2) is 5.01 Å². The summed E-state index contributed by atoms with van der Waals surface area (Å²) < 4.78 is 0.914. The molecule has 4 heterocycles. The van der Waals surface area contributed by atoms with Crippen LogP contribution in [0.3, 0.4) is 0 Å². The van der Waals surface area contributed by atoms with E-state index in [1.54, 1.807) is 39.0 Å². The molecule has 19 heteroatoms. The molecule has 0 unspecified atom stereocenters. The van der Waals surface area contributed by atoms with Gasteiger partial charge in [0.2, 0.25) is 0 Å². The molecule has 16 nitrogen and oxygen atoms in total. The van der Waals surface area contributed by atoms with Crippen molar-refractivity contribution >= 4 is 108 Å². The molecule has 1 aromatic carbocycles. The fourth-order valence-electron chi connectivity index (χ4n) is 4.83. The number of aromatic amines is 3. The first-order valence-electron chi connectivity index (χ1n) is 14.9. The smallest absolute Gasteiger partial charge is 0.284 e. The van der Waals surface area contributed by atoms with Crippen LogP contribution in [0.5, 0.6) is 0 Å². The molecule has 0 aliphatic heterocycles. The van der Waals surface area contributed by atoms with E-state index in [0.29, 0.717) is 45.0 Å². The van der Waals surface area contributed by atoms with E-state index in [1.165, 1.54) is 29.9 Å². The Labute approximate surface area is 308 Å². The van der Waals surface area contributed by atoms with Crippen molar-refractivity contribution in [3.8, 4) is 0 Å². The summed E-state index contributed by atoms with van der Waals surface area (Å²) in [6, 6.07) is 5.09. The summed E-state index contributed by atoms with van der Waals surface area (Å²) in [5.74, 6) is -2.31. The third kappa shape index (κ3) is 8.54. The van der Waals surface area contributed by atoms with Crippen LogP contribution in [-0.4, -0.2) is 61.9 Å². The van der Waals surface area contributed by atoms with Crippen LogP contribution in [0.2, 0.25) is 0 Å². The zero-order chi connectivity index (χ0) is 36.3. The van der Waals surface area contributed by atoms with E-state index in [0.717, 1.165) is 4.70 Å². The Kier molecular flexibility index (Phi) is 11.9. The zero-order valence-corrected chi connectivity index (χ0v) is 30.6. The maximum Gasteiger partial charge on any atom is 0.284 e. The van der Waals surface area contributed by atoms with Gasteiger partial charge in [0, 0.05) is 53.9 Å². The lowest BCUT2D eigenvalue weighted by Crippen LogP contribution is -2.28. The van der Waals surface area contributed by atoms with Gasteiger partial charge in [-0.15, -0.1) is 23.7 Å². The molecule has 0 aliphatic rings. The van der Waals surface area contributed by atoms with Crippen molar-refractivity contribution in [2.24, 2.45) is 5.73 Å². The Bertz CT molecular complexity index is 2220. The van der Waals surface area contributed by atoms with Gasteiger partial charge in [0.25, 0.3) is 29.5 Å². The Morgan fingerprint density at radius 2 is 1.31 bits per heavy atom. The van der Waals surface area contributed by atoms with Crippen LogP contribution in [0.15, 0.2) is 47.9 Å². The first kappa shape index (κ1) is 38.1. The molecule has 0 bridgehead atoms. The van der Waals surface area contributed by atoms with Crippen LogP contribution in [0.25, 0.3) is 10.2 Å². The molecule has 266 valence electrons. The van der Waals surface area contributed by atoms with Crippen molar-refractivity contribution in [1.29, 1.82) is 5.41 Å². The molecule has 5 amide bonds. The number of amidine groups is 1. The SMILES string of the molecule is C=C(Br)C(=O)Nc1ccc2sc(C(=O)Nc3c[nH]c(C(=O)Nc4c[nH]c(C(=O)Nc5c[nH]c(C(=O)NCCC(=N)N)c5C)c4C)c3C)nc2c1.Cl. The van der Waals surface area contributed by atoms with Crippen molar-refractivity contribution < 1.29 is 24.0 Å². The van der Waals surface area contributed by atoms with Crippen molar-refractivity contribution in [3.63, 3.8) is 0 Å². The van der Waals surface area contributed by atoms with E-state index in [-0.39, 0.29) is 57.8 Å². The summed E-state index contributed by atoms with van der Waals surface area (Å²) in [4.78, 5) is 76.8. The van der Waals surface area contributed by atoms with Gasteiger partial charge in [-0.25, -0.2) is 4.98 Å². The number of amides is 5. The highest BCUT2D eigenvalue weighted by molar-refractivity contribution is 9.12. The second kappa shape index (κ2) is 15.9. The Balaban J connectivity index is 0.00000583. The maximum atomic E-state index is 13.2. The molecule has 51 heavy (non-hydrogen) atoms. The molecule has 0 saturated carbocycles. The van der Waals surface area contributed by atoms with Crippen LogP contribution in [0, 0.1) is 26.2 Å². The molecule has 0 fully saturated rings. The molecular weight excluding hydrogens is 766 g/mol. The topological polar surface area (TPSA) is 256 Å². The van der Waals surface area contributed by atoms with Crippen LogP contribution < -0.4 is 32.3 Å². The monoisotopic (exact) mass is 797 g/mol. The molecule has 5 aromatic rings. The minimum atomic E-state index is -0.500. The summed E-state index contributed by atoms with van der Waals surface area (Å²) in [7, 11) is 0. The van der Waals surface area contributed by atoms with Crippen molar-refractivity contribution in [2.45, 2.75) is 27.2 Å². The number of nitrogens with two attached hydrogens (primary N) is 1. The number of thiazole rings is 1. The number of aromatic nitrogens is 4. The fourth-order valence-corrected chi connectivity index (χ4v) is 5.77. The van der Waals surface area contributed by atoms with E-state index in [4.69, 9.17) is 11.1 Å².